The molecule has 3 rings (SSSR count). The molecule has 0 atom stereocenters. The number of carbonyl (C=O) groups is 1. The summed E-state index contributed by atoms with van der Waals surface area (Å²) in [6.45, 7) is 3.53. The summed E-state index contributed by atoms with van der Waals surface area (Å²) >= 11 is 0. The number of hydrogen-bond donors (Lipinski definition) is 1. The molecular weight excluding hydrogens is 346 g/mol. The predicted molar refractivity (Wildman–Crippen MR) is 102 cm³/mol. The Morgan fingerprint density at radius 3 is 2.63 bits per heavy atom. The minimum Gasteiger partial charge on any atom is -0.455 e. The standard InChI is InChI=1S/C20H17N3O4/c1-13-5-3-4-6-17(13)20(24)22-21-12-16-9-10-19(27-16)15-8-7-14(2)18(11-15)23(25)26/h3-12H,1-2H3,(H,22,24)/b21-12+. The maximum atomic E-state index is 12.1. The highest BCUT2D eigenvalue weighted by Gasteiger charge is 2.13. The van der Waals surface area contributed by atoms with Crippen LogP contribution in [0.15, 0.2) is 64.1 Å². The molecule has 1 N–H and O–H groups in total. The van der Waals surface area contributed by atoms with Crippen LogP contribution in [0.2, 0.25) is 0 Å². The molecule has 0 spiro atoms. The normalized spacial score (nSPS) is 10.9. The number of hydrogen-bond acceptors (Lipinski definition) is 5. The van der Waals surface area contributed by atoms with E-state index in [1.54, 1.807) is 43.3 Å². The quantitative estimate of drug-likeness (QED) is 0.416. The maximum absolute atomic E-state index is 12.1. The van der Waals surface area contributed by atoms with Crippen LogP contribution in [-0.4, -0.2) is 17.0 Å². The monoisotopic (exact) mass is 363 g/mol. The summed E-state index contributed by atoms with van der Waals surface area (Å²) in [5.74, 6) is 0.577. The van der Waals surface area contributed by atoms with Gasteiger partial charge in [0.25, 0.3) is 11.6 Å². The summed E-state index contributed by atoms with van der Waals surface area (Å²) < 4.78 is 5.63. The van der Waals surface area contributed by atoms with Gasteiger partial charge in [-0.25, -0.2) is 5.43 Å². The highest BCUT2D eigenvalue weighted by Crippen LogP contribution is 2.27. The number of benzene rings is 2. The zero-order chi connectivity index (χ0) is 19.4. The molecule has 0 saturated heterocycles. The summed E-state index contributed by atoms with van der Waals surface area (Å²) in [4.78, 5) is 22.7. The molecule has 0 aliphatic rings. The number of nitro benzene ring substituents is 1. The number of amides is 1. The van der Waals surface area contributed by atoms with E-state index in [1.165, 1.54) is 12.3 Å². The van der Waals surface area contributed by atoms with Gasteiger partial charge in [0.1, 0.15) is 11.5 Å². The molecular formula is C20H17N3O4. The third-order valence-electron chi connectivity index (χ3n) is 4.06. The van der Waals surface area contributed by atoms with Crippen LogP contribution in [0.1, 0.15) is 27.2 Å². The van der Waals surface area contributed by atoms with Crippen molar-refractivity contribution < 1.29 is 14.1 Å². The first-order valence-electron chi connectivity index (χ1n) is 8.20. The van der Waals surface area contributed by atoms with Crippen LogP contribution in [0.5, 0.6) is 0 Å². The van der Waals surface area contributed by atoms with Crippen LogP contribution in [0.25, 0.3) is 11.3 Å². The highest BCUT2D eigenvalue weighted by molar-refractivity contribution is 5.96. The van der Waals surface area contributed by atoms with Gasteiger partial charge in [0.15, 0.2) is 0 Å². The Bertz CT molecular complexity index is 1040. The molecule has 0 unspecified atom stereocenters. The van der Waals surface area contributed by atoms with Crippen molar-refractivity contribution in [2.45, 2.75) is 13.8 Å². The third kappa shape index (κ3) is 4.09. The van der Waals surface area contributed by atoms with Gasteiger partial charge in [-0.15, -0.1) is 0 Å². The molecule has 0 aliphatic carbocycles. The molecule has 1 heterocycles. The number of hydrazone groups is 1. The smallest absolute Gasteiger partial charge is 0.273 e. The molecule has 0 bridgehead atoms. The Kier molecular flexibility index (Phi) is 5.12. The number of carbonyl (C=O) groups excluding carboxylic acids is 1. The third-order valence-corrected chi connectivity index (χ3v) is 4.06. The Balaban J connectivity index is 1.72. The van der Waals surface area contributed by atoms with Gasteiger partial charge in [-0.3, -0.25) is 14.9 Å². The first-order valence-corrected chi connectivity index (χ1v) is 8.20. The first-order chi connectivity index (χ1) is 13.0. The molecule has 0 aliphatic heterocycles. The number of nitrogens with one attached hydrogen (secondary N) is 1. The van der Waals surface area contributed by atoms with Crippen molar-refractivity contribution in [3.8, 4) is 11.3 Å². The van der Waals surface area contributed by atoms with E-state index in [4.69, 9.17) is 4.42 Å². The van der Waals surface area contributed by atoms with E-state index in [2.05, 4.69) is 10.5 Å². The van der Waals surface area contributed by atoms with Crippen molar-refractivity contribution in [2.75, 3.05) is 0 Å². The van der Waals surface area contributed by atoms with E-state index in [1.807, 2.05) is 19.1 Å². The predicted octanol–water partition coefficient (Wildman–Crippen LogP) is 4.24. The Morgan fingerprint density at radius 2 is 1.89 bits per heavy atom. The van der Waals surface area contributed by atoms with Gasteiger partial charge in [-0.2, -0.15) is 5.10 Å². The second-order valence-electron chi connectivity index (χ2n) is 5.97. The summed E-state index contributed by atoms with van der Waals surface area (Å²) in [5.41, 5.74) is 5.05. The molecule has 0 radical (unpaired) electrons. The van der Waals surface area contributed by atoms with Gasteiger partial charge in [0, 0.05) is 22.8 Å². The molecule has 2 aromatic carbocycles. The van der Waals surface area contributed by atoms with Crippen LogP contribution in [-0.2, 0) is 0 Å². The molecule has 1 aromatic heterocycles. The van der Waals surface area contributed by atoms with Crippen molar-refractivity contribution >= 4 is 17.8 Å². The van der Waals surface area contributed by atoms with Gasteiger partial charge in [-0.05, 0) is 37.6 Å². The Labute approximate surface area is 155 Å². The minimum absolute atomic E-state index is 0.0320. The minimum atomic E-state index is -0.425. The van der Waals surface area contributed by atoms with Crippen molar-refractivity contribution in [1.82, 2.24) is 5.43 Å². The lowest BCUT2D eigenvalue weighted by Crippen LogP contribution is -2.18. The zero-order valence-electron chi connectivity index (χ0n) is 14.8. The molecule has 0 fully saturated rings. The lowest BCUT2D eigenvalue weighted by molar-refractivity contribution is -0.385. The van der Waals surface area contributed by atoms with Crippen LogP contribution in [0.4, 0.5) is 5.69 Å². The van der Waals surface area contributed by atoms with E-state index in [-0.39, 0.29) is 11.6 Å². The number of aryl methyl sites for hydroxylation is 2. The number of nitrogens with zero attached hydrogens (tertiary/aromatic N) is 2. The van der Waals surface area contributed by atoms with E-state index in [0.717, 1.165) is 5.56 Å². The average Bonchev–Trinajstić information content (AvgIpc) is 3.11. The fourth-order valence-electron chi connectivity index (χ4n) is 2.58. The Morgan fingerprint density at radius 1 is 1.11 bits per heavy atom. The lowest BCUT2D eigenvalue weighted by Gasteiger charge is -2.02. The molecule has 7 nitrogen and oxygen atoms in total. The van der Waals surface area contributed by atoms with Gasteiger partial charge < -0.3 is 4.42 Å². The largest absolute Gasteiger partial charge is 0.455 e. The van der Waals surface area contributed by atoms with Crippen LogP contribution in [0.3, 0.4) is 0 Å². The first kappa shape index (κ1) is 18.1. The van der Waals surface area contributed by atoms with Crippen LogP contribution < -0.4 is 5.43 Å². The molecule has 0 saturated carbocycles. The molecule has 7 heteroatoms. The topological polar surface area (TPSA) is 97.7 Å². The van der Waals surface area contributed by atoms with E-state index < -0.39 is 4.92 Å². The van der Waals surface area contributed by atoms with Crippen LogP contribution in [0, 0.1) is 24.0 Å². The van der Waals surface area contributed by atoms with Gasteiger partial charge in [-0.1, -0.05) is 30.3 Å². The molecule has 1 amide bonds. The summed E-state index contributed by atoms with van der Waals surface area (Å²) in [7, 11) is 0. The van der Waals surface area contributed by atoms with Crippen molar-refractivity contribution in [3.63, 3.8) is 0 Å². The SMILES string of the molecule is Cc1ccccc1C(=O)N/N=C/c1ccc(-c2ccc(C)c([N+](=O)[O-])c2)o1. The van der Waals surface area contributed by atoms with Gasteiger partial charge in [0.05, 0.1) is 11.1 Å². The fraction of sp³-hybridized carbons (Fsp3) is 0.100. The molecule has 136 valence electrons. The van der Waals surface area contributed by atoms with Crippen LogP contribution >= 0.6 is 0 Å². The molecule has 27 heavy (non-hydrogen) atoms. The fourth-order valence-corrected chi connectivity index (χ4v) is 2.58. The highest BCUT2D eigenvalue weighted by atomic mass is 16.6. The van der Waals surface area contributed by atoms with E-state index in [9.17, 15) is 14.9 Å². The molecule has 3 aromatic rings. The van der Waals surface area contributed by atoms with E-state index in [0.29, 0.717) is 28.2 Å². The van der Waals surface area contributed by atoms with Gasteiger partial charge in [0.2, 0.25) is 0 Å². The maximum Gasteiger partial charge on any atom is 0.273 e. The number of nitro groups is 1. The summed E-state index contributed by atoms with van der Waals surface area (Å²) in [6.07, 6.45) is 1.38. The Hall–Kier alpha value is -3.74. The van der Waals surface area contributed by atoms with E-state index >= 15 is 0 Å². The van der Waals surface area contributed by atoms with Crippen molar-refractivity contribution in [3.05, 3.63) is 87.2 Å². The summed E-state index contributed by atoms with van der Waals surface area (Å²) in [5, 5.41) is 15.0. The van der Waals surface area contributed by atoms with Gasteiger partial charge >= 0.3 is 0 Å². The number of rotatable bonds is 5. The lowest BCUT2D eigenvalue weighted by atomic mass is 10.1. The zero-order valence-corrected chi connectivity index (χ0v) is 14.8. The second kappa shape index (κ2) is 7.65. The second-order valence-corrected chi connectivity index (χ2v) is 5.97. The van der Waals surface area contributed by atoms with Crippen molar-refractivity contribution in [1.29, 1.82) is 0 Å². The summed E-state index contributed by atoms with van der Waals surface area (Å²) in [6, 6.07) is 15.5. The van der Waals surface area contributed by atoms with Crippen molar-refractivity contribution in [2.24, 2.45) is 5.10 Å². The average molecular weight is 363 g/mol. The number of furan rings is 1.